The van der Waals surface area contributed by atoms with Crippen LogP contribution >= 0.6 is 43.2 Å². The summed E-state index contributed by atoms with van der Waals surface area (Å²) in [6, 6.07) is 17.4. The lowest BCUT2D eigenvalue weighted by Crippen LogP contribution is -2.03. The summed E-state index contributed by atoms with van der Waals surface area (Å²) in [7, 11) is 7.75. The van der Waals surface area contributed by atoms with Crippen LogP contribution in [0.4, 0.5) is 0 Å². The van der Waals surface area contributed by atoms with Crippen LogP contribution in [-0.2, 0) is 0 Å². The van der Waals surface area contributed by atoms with Gasteiger partial charge in [0.15, 0.2) is 0 Å². The van der Waals surface area contributed by atoms with E-state index in [1.54, 1.807) is 0 Å². The zero-order valence-corrected chi connectivity index (χ0v) is 23.4. The molecule has 0 aliphatic heterocycles. The maximum absolute atomic E-state index is 2.31. The van der Waals surface area contributed by atoms with Crippen LogP contribution in [0.15, 0.2) is 58.3 Å². The smallest absolute Gasteiger partial charge is 0.0217 e. The lowest BCUT2D eigenvalue weighted by atomic mass is 10.0. The van der Waals surface area contributed by atoms with Crippen LogP contribution < -0.4 is 0 Å². The van der Waals surface area contributed by atoms with Crippen LogP contribution in [0.3, 0.4) is 0 Å². The van der Waals surface area contributed by atoms with Crippen molar-refractivity contribution in [3.63, 3.8) is 0 Å². The van der Waals surface area contributed by atoms with Crippen LogP contribution in [-0.4, -0.2) is 10.5 Å². The van der Waals surface area contributed by atoms with Crippen LogP contribution in [0, 0.1) is 5.92 Å². The Labute approximate surface area is 202 Å². The molecule has 0 aliphatic rings. The highest BCUT2D eigenvalue weighted by atomic mass is 33.1. The summed E-state index contributed by atoms with van der Waals surface area (Å²) in [4.78, 5) is 2.84. The van der Waals surface area contributed by atoms with E-state index in [9.17, 15) is 0 Å². The average molecular weight is 481 g/mol. The second-order valence-corrected chi connectivity index (χ2v) is 14.2. The first-order valence-electron chi connectivity index (χ1n) is 11.0. The van der Waals surface area contributed by atoms with Crippen LogP contribution in [0.5, 0.6) is 0 Å². The molecule has 0 saturated heterocycles. The number of rotatable bonds is 9. The van der Waals surface area contributed by atoms with E-state index in [-0.39, 0.29) is 0 Å². The molecule has 30 heavy (non-hydrogen) atoms. The van der Waals surface area contributed by atoms with Gasteiger partial charge in [-0.05, 0) is 41.0 Å². The van der Waals surface area contributed by atoms with Crippen molar-refractivity contribution in [2.24, 2.45) is 5.92 Å². The van der Waals surface area contributed by atoms with Crippen LogP contribution in [0.1, 0.15) is 85.3 Å². The Balaban J connectivity index is 0.000000303. The van der Waals surface area contributed by atoms with Crippen molar-refractivity contribution in [1.29, 1.82) is 0 Å². The summed E-state index contributed by atoms with van der Waals surface area (Å²) in [5.74, 6) is 1.97. The van der Waals surface area contributed by atoms with E-state index >= 15 is 0 Å². The minimum atomic E-state index is 0.610. The van der Waals surface area contributed by atoms with Gasteiger partial charge in [0.2, 0.25) is 0 Å². The summed E-state index contributed by atoms with van der Waals surface area (Å²) in [5, 5.41) is 1.38. The summed E-state index contributed by atoms with van der Waals surface area (Å²) < 4.78 is 0. The Morgan fingerprint density at radius 1 is 0.533 bits per heavy atom. The molecule has 0 heterocycles. The van der Waals surface area contributed by atoms with E-state index in [4.69, 9.17) is 0 Å². The Morgan fingerprint density at radius 2 is 0.933 bits per heavy atom. The van der Waals surface area contributed by atoms with Crippen LogP contribution in [0.2, 0.25) is 0 Å². The first-order valence-corrected chi connectivity index (χ1v) is 15.4. The molecule has 0 aromatic heterocycles. The van der Waals surface area contributed by atoms with Gasteiger partial charge in [0.1, 0.15) is 0 Å². The first-order chi connectivity index (χ1) is 14.1. The molecule has 0 spiro atoms. The molecule has 0 N–H and O–H groups in total. The van der Waals surface area contributed by atoms with Crippen LogP contribution in [0.25, 0.3) is 0 Å². The molecule has 2 rings (SSSR count). The maximum atomic E-state index is 2.31. The summed E-state index contributed by atoms with van der Waals surface area (Å²) >= 11 is 0. The van der Waals surface area contributed by atoms with Gasteiger partial charge in [-0.1, -0.05) is 142 Å². The third kappa shape index (κ3) is 10.4. The molecule has 2 aromatic carbocycles. The van der Waals surface area contributed by atoms with Gasteiger partial charge in [0, 0.05) is 20.3 Å². The Bertz CT molecular complexity index is 722. The van der Waals surface area contributed by atoms with E-state index in [1.165, 1.54) is 20.9 Å². The highest BCUT2D eigenvalue weighted by Crippen LogP contribution is 2.40. The average Bonchev–Trinajstić information content (AvgIpc) is 2.71. The fraction of sp³-hybridized carbons (Fsp3) is 0.538. The van der Waals surface area contributed by atoms with Gasteiger partial charge < -0.3 is 0 Å². The number of hydrogen-bond acceptors (Lipinski definition) is 4. The van der Waals surface area contributed by atoms with E-state index in [1.807, 2.05) is 43.2 Å². The lowest BCUT2D eigenvalue weighted by Gasteiger charge is -2.16. The zero-order valence-electron chi connectivity index (χ0n) is 20.1. The van der Waals surface area contributed by atoms with Gasteiger partial charge in [0.05, 0.1) is 0 Å². The van der Waals surface area contributed by atoms with Crippen molar-refractivity contribution < 1.29 is 0 Å². The zero-order chi connectivity index (χ0) is 22.7. The minimum Gasteiger partial charge on any atom is -0.0861 e. The van der Waals surface area contributed by atoms with Crippen molar-refractivity contribution in [2.75, 3.05) is 0 Å². The highest BCUT2D eigenvalue weighted by molar-refractivity contribution is 8.77. The molecule has 0 nitrogen and oxygen atoms in total. The van der Waals surface area contributed by atoms with Crippen molar-refractivity contribution in [3.05, 3.63) is 59.7 Å². The summed E-state index contributed by atoms with van der Waals surface area (Å²) in [5.41, 5.74) is 2.93. The fourth-order valence-corrected chi connectivity index (χ4v) is 7.53. The molecular formula is C26H40S4. The van der Waals surface area contributed by atoms with Gasteiger partial charge in [-0.15, -0.1) is 0 Å². The van der Waals surface area contributed by atoms with Gasteiger partial charge in [-0.2, -0.15) is 0 Å². The molecule has 0 radical (unpaired) electrons. The molecule has 1 unspecified atom stereocenters. The van der Waals surface area contributed by atoms with E-state index in [2.05, 4.69) is 111 Å². The fourth-order valence-electron chi connectivity index (χ4n) is 2.45. The standard InChI is InChI=1S/C14H22S2.C12H18S2/c1-10(2)12(5)15-16-14-9-7-6-8-13(14)11(3)4;1-9(2)11-7-5-6-8-12(11)14-13-10(3)4/h6-12H,1-5H3;5-10H,1-4H3. The molecule has 0 aliphatic carbocycles. The number of hydrogen-bond donors (Lipinski definition) is 0. The molecule has 168 valence electrons. The first kappa shape index (κ1) is 27.9. The lowest BCUT2D eigenvalue weighted by molar-refractivity contribution is 0.645. The van der Waals surface area contributed by atoms with E-state index in [0.29, 0.717) is 22.3 Å². The molecule has 0 bridgehead atoms. The van der Waals surface area contributed by atoms with Crippen molar-refractivity contribution in [1.82, 2.24) is 0 Å². The predicted octanol–water partition coefficient (Wildman–Crippen LogP) is 10.6. The maximum Gasteiger partial charge on any atom is 0.0217 e. The summed E-state index contributed by atoms with van der Waals surface area (Å²) in [6.45, 7) is 20.4. The molecule has 1 atom stereocenters. The van der Waals surface area contributed by atoms with Gasteiger partial charge in [-0.25, -0.2) is 0 Å². The molecule has 0 fully saturated rings. The predicted molar refractivity (Wildman–Crippen MR) is 147 cm³/mol. The number of benzene rings is 2. The quantitative estimate of drug-likeness (QED) is 0.327. The van der Waals surface area contributed by atoms with Crippen molar-refractivity contribution in [3.8, 4) is 0 Å². The van der Waals surface area contributed by atoms with Crippen molar-refractivity contribution >= 4 is 43.2 Å². The molecular weight excluding hydrogens is 441 g/mol. The third-order valence-corrected chi connectivity index (χ3v) is 10.9. The monoisotopic (exact) mass is 480 g/mol. The third-order valence-electron chi connectivity index (χ3n) is 4.64. The Kier molecular flexibility index (Phi) is 13.8. The largest absolute Gasteiger partial charge is 0.0861 e. The highest BCUT2D eigenvalue weighted by Gasteiger charge is 2.11. The molecule has 4 heteroatoms. The van der Waals surface area contributed by atoms with Crippen molar-refractivity contribution in [2.45, 2.75) is 94.4 Å². The second kappa shape index (κ2) is 14.8. The molecule has 2 aromatic rings. The minimum absolute atomic E-state index is 0.610. The van der Waals surface area contributed by atoms with Gasteiger partial charge in [-0.3, -0.25) is 0 Å². The normalized spacial score (nSPS) is 12.4. The summed E-state index contributed by atoms with van der Waals surface area (Å²) in [6.07, 6.45) is 0. The van der Waals surface area contributed by atoms with Gasteiger partial charge in [0.25, 0.3) is 0 Å². The van der Waals surface area contributed by atoms with Gasteiger partial charge >= 0.3 is 0 Å². The second-order valence-electron chi connectivity index (χ2n) is 8.74. The Morgan fingerprint density at radius 3 is 1.30 bits per heavy atom. The Hall–Kier alpha value is -0.160. The molecule has 0 amide bonds. The molecule has 0 saturated carbocycles. The SMILES string of the molecule is CC(C)SSc1ccccc1C(C)C.CC(C)c1ccccc1SSC(C)C(C)C. The van der Waals surface area contributed by atoms with E-state index < -0.39 is 0 Å². The van der Waals surface area contributed by atoms with E-state index in [0.717, 1.165) is 5.92 Å². The topological polar surface area (TPSA) is 0 Å².